The van der Waals surface area contributed by atoms with Crippen molar-refractivity contribution in [2.24, 2.45) is 4.99 Å². The van der Waals surface area contributed by atoms with E-state index in [0.717, 1.165) is 28.9 Å². The van der Waals surface area contributed by atoms with Crippen molar-refractivity contribution >= 4 is 5.96 Å². The summed E-state index contributed by atoms with van der Waals surface area (Å²) >= 11 is 0. The number of hydrogen-bond acceptors (Lipinski definition) is 2. The third-order valence-corrected chi connectivity index (χ3v) is 4.53. The molecule has 3 rings (SSSR count). The first-order valence-electron chi connectivity index (χ1n) is 8.47. The Labute approximate surface area is 148 Å². The van der Waals surface area contributed by atoms with Gasteiger partial charge in [-0.05, 0) is 36.6 Å². The summed E-state index contributed by atoms with van der Waals surface area (Å²) in [5.41, 5.74) is 3.00. The zero-order valence-corrected chi connectivity index (χ0v) is 14.8. The molecule has 0 bridgehead atoms. The third kappa shape index (κ3) is 4.10. The van der Waals surface area contributed by atoms with E-state index < -0.39 is 0 Å². The molecule has 1 fully saturated rings. The van der Waals surface area contributed by atoms with E-state index in [-0.39, 0.29) is 17.8 Å². The summed E-state index contributed by atoms with van der Waals surface area (Å²) in [6, 6.07) is 13.3. The van der Waals surface area contributed by atoms with Crippen molar-refractivity contribution in [3.63, 3.8) is 0 Å². The number of rotatable bonds is 5. The van der Waals surface area contributed by atoms with Crippen LogP contribution >= 0.6 is 0 Å². The molecule has 1 aliphatic carbocycles. The Morgan fingerprint density at radius 2 is 2.08 bits per heavy atom. The summed E-state index contributed by atoms with van der Waals surface area (Å²) in [7, 11) is 3.41. The van der Waals surface area contributed by atoms with Crippen LogP contribution < -0.4 is 15.4 Å². The van der Waals surface area contributed by atoms with E-state index in [1.54, 1.807) is 20.2 Å². The van der Waals surface area contributed by atoms with Crippen LogP contribution in [-0.2, 0) is 6.54 Å². The van der Waals surface area contributed by atoms with Crippen molar-refractivity contribution in [2.45, 2.75) is 31.8 Å². The van der Waals surface area contributed by atoms with Crippen molar-refractivity contribution in [1.29, 1.82) is 0 Å². The molecule has 2 aromatic rings. The Bertz CT molecular complexity index is 775. The maximum absolute atomic E-state index is 13.9. The highest BCUT2D eigenvalue weighted by molar-refractivity contribution is 5.80. The zero-order valence-electron chi connectivity index (χ0n) is 14.8. The standard InChI is InChI=1S/C20H24FN3O/c1-13-8-9-14(19(10-13)25-3)12-23-20(22-2)24-18-11-16(18)15-6-4-5-7-17(15)21/h4-10,16,18H,11-12H2,1-3H3,(H2,22,23,24). The lowest BCUT2D eigenvalue weighted by atomic mass is 10.1. The molecule has 4 nitrogen and oxygen atoms in total. The number of ether oxygens (including phenoxy) is 1. The summed E-state index contributed by atoms with van der Waals surface area (Å²) in [4.78, 5) is 4.27. The fourth-order valence-corrected chi connectivity index (χ4v) is 3.02. The predicted molar refractivity (Wildman–Crippen MR) is 98.6 cm³/mol. The quantitative estimate of drug-likeness (QED) is 0.647. The molecule has 0 amide bonds. The van der Waals surface area contributed by atoms with Gasteiger partial charge in [0.05, 0.1) is 7.11 Å². The smallest absolute Gasteiger partial charge is 0.191 e. The minimum Gasteiger partial charge on any atom is -0.496 e. The molecule has 2 unspecified atom stereocenters. The fraction of sp³-hybridized carbons (Fsp3) is 0.350. The molecule has 0 spiro atoms. The molecular formula is C20H24FN3O. The van der Waals surface area contributed by atoms with Crippen LogP contribution in [0.15, 0.2) is 47.5 Å². The first-order chi connectivity index (χ1) is 12.1. The minimum absolute atomic E-state index is 0.135. The molecule has 25 heavy (non-hydrogen) atoms. The van der Waals surface area contributed by atoms with Gasteiger partial charge in [-0.15, -0.1) is 0 Å². The highest BCUT2D eigenvalue weighted by Gasteiger charge is 2.40. The molecule has 2 N–H and O–H groups in total. The summed E-state index contributed by atoms with van der Waals surface area (Å²) in [6.07, 6.45) is 0.912. The molecule has 0 aromatic heterocycles. The monoisotopic (exact) mass is 341 g/mol. The number of hydrogen-bond donors (Lipinski definition) is 2. The second-order valence-corrected chi connectivity index (χ2v) is 6.36. The molecule has 2 aromatic carbocycles. The van der Waals surface area contributed by atoms with Gasteiger partial charge in [-0.25, -0.2) is 4.39 Å². The van der Waals surface area contributed by atoms with E-state index in [2.05, 4.69) is 21.7 Å². The molecule has 0 heterocycles. The summed E-state index contributed by atoms with van der Waals surface area (Å²) < 4.78 is 19.3. The Morgan fingerprint density at radius 3 is 2.80 bits per heavy atom. The van der Waals surface area contributed by atoms with Gasteiger partial charge in [-0.2, -0.15) is 0 Å². The van der Waals surface area contributed by atoms with Crippen molar-refractivity contribution in [3.05, 3.63) is 65.0 Å². The van der Waals surface area contributed by atoms with Crippen LogP contribution in [0.1, 0.15) is 29.0 Å². The molecule has 2 atom stereocenters. The van der Waals surface area contributed by atoms with Gasteiger partial charge in [0.2, 0.25) is 0 Å². The third-order valence-electron chi connectivity index (χ3n) is 4.53. The van der Waals surface area contributed by atoms with E-state index >= 15 is 0 Å². The van der Waals surface area contributed by atoms with Crippen LogP contribution in [0.25, 0.3) is 0 Å². The molecule has 1 saturated carbocycles. The highest BCUT2D eigenvalue weighted by Crippen LogP contribution is 2.41. The van der Waals surface area contributed by atoms with E-state index in [4.69, 9.17) is 4.74 Å². The number of aryl methyl sites for hydroxylation is 1. The van der Waals surface area contributed by atoms with Crippen LogP contribution in [0.2, 0.25) is 0 Å². The number of benzene rings is 2. The van der Waals surface area contributed by atoms with E-state index in [9.17, 15) is 4.39 Å². The Morgan fingerprint density at radius 1 is 1.28 bits per heavy atom. The average molecular weight is 341 g/mol. The minimum atomic E-state index is -0.135. The molecular weight excluding hydrogens is 317 g/mol. The lowest BCUT2D eigenvalue weighted by Crippen LogP contribution is -2.38. The van der Waals surface area contributed by atoms with Crippen molar-refractivity contribution in [1.82, 2.24) is 10.6 Å². The molecule has 0 radical (unpaired) electrons. The van der Waals surface area contributed by atoms with E-state index in [0.29, 0.717) is 12.5 Å². The second kappa shape index (κ2) is 7.55. The van der Waals surface area contributed by atoms with Crippen LogP contribution in [0.5, 0.6) is 5.75 Å². The maximum Gasteiger partial charge on any atom is 0.191 e. The maximum atomic E-state index is 13.9. The van der Waals surface area contributed by atoms with Gasteiger partial charge in [0.1, 0.15) is 11.6 Å². The lowest BCUT2D eigenvalue weighted by Gasteiger charge is -2.14. The van der Waals surface area contributed by atoms with Crippen LogP contribution in [0.3, 0.4) is 0 Å². The molecule has 5 heteroatoms. The summed E-state index contributed by atoms with van der Waals surface area (Å²) in [5, 5.41) is 6.67. The number of guanidine groups is 1. The second-order valence-electron chi connectivity index (χ2n) is 6.36. The van der Waals surface area contributed by atoms with Crippen LogP contribution in [-0.4, -0.2) is 26.2 Å². The number of nitrogens with zero attached hydrogens (tertiary/aromatic N) is 1. The Balaban J connectivity index is 1.57. The Hall–Kier alpha value is -2.56. The first-order valence-corrected chi connectivity index (χ1v) is 8.47. The summed E-state index contributed by atoms with van der Waals surface area (Å²) in [5.74, 6) is 1.64. The van der Waals surface area contributed by atoms with Gasteiger partial charge in [-0.1, -0.05) is 30.3 Å². The Kier molecular flexibility index (Phi) is 5.22. The normalized spacial score (nSPS) is 19.4. The van der Waals surface area contributed by atoms with Gasteiger partial charge in [-0.3, -0.25) is 4.99 Å². The van der Waals surface area contributed by atoms with E-state index in [1.807, 2.05) is 31.2 Å². The molecule has 0 aliphatic heterocycles. The molecule has 1 aliphatic rings. The average Bonchev–Trinajstić information content (AvgIpc) is 3.38. The van der Waals surface area contributed by atoms with Crippen LogP contribution in [0, 0.1) is 12.7 Å². The number of halogens is 1. The van der Waals surface area contributed by atoms with Crippen molar-refractivity contribution < 1.29 is 9.13 Å². The van der Waals surface area contributed by atoms with Gasteiger partial charge >= 0.3 is 0 Å². The van der Waals surface area contributed by atoms with E-state index in [1.165, 1.54) is 6.07 Å². The first kappa shape index (κ1) is 17.3. The fourth-order valence-electron chi connectivity index (χ4n) is 3.02. The van der Waals surface area contributed by atoms with Gasteiger partial charge in [0, 0.05) is 31.1 Å². The topological polar surface area (TPSA) is 45.7 Å². The molecule has 132 valence electrons. The number of aliphatic imine (C=N–C) groups is 1. The number of nitrogens with one attached hydrogen (secondary N) is 2. The SMILES string of the molecule is CN=C(NCc1ccc(C)cc1OC)NC1CC1c1ccccc1F. The highest BCUT2D eigenvalue weighted by atomic mass is 19.1. The largest absolute Gasteiger partial charge is 0.496 e. The number of methoxy groups -OCH3 is 1. The van der Waals surface area contributed by atoms with Gasteiger partial charge in [0.15, 0.2) is 5.96 Å². The lowest BCUT2D eigenvalue weighted by molar-refractivity contribution is 0.408. The van der Waals surface area contributed by atoms with Crippen molar-refractivity contribution in [3.8, 4) is 5.75 Å². The van der Waals surface area contributed by atoms with Crippen LogP contribution in [0.4, 0.5) is 4.39 Å². The summed E-state index contributed by atoms with van der Waals surface area (Å²) in [6.45, 7) is 2.65. The van der Waals surface area contributed by atoms with Crippen molar-refractivity contribution in [2.75, 3.05) is 14.2 Å². The predicted octanol–water partition coefficient (Wildman–Crippen LogP) is 3.36. The van der Waals surface area contributed by atoms with Gasteiger partial charge in [0.25, 0.3) is 0 Å². The van der Waals surface area contributed by atoms with Gasteiger partial charge < -0.3 is 15.4 Å². The molecule has 0 saturated heterocycles. The zero-order chi connectivity index (χ0) is 17.8.